The lowest BCUT2D eigenvalue weighted by Crippen LogP contribution is -2.49. The molecule has 1 fully saturated rings. The van der Waals surface area contributed by atoms with Crippen molar-refractivity contribution in [2.24, 2.45) is 0 Å². The van der Waals surface area contributed by atoms with E-state index in [0.29, 0.717) is 23.7 Å². The quantitative estimate of drug-likeness (QED) is 0.588. The maximum Gasteiger partial charge on any atom is 0.269 e. The van der Waals surface area contributed by atoms with Gasteiger partial charge in [0.2, 0.25) is 10.8 Å². The van der Waals surface area contributed by atoms with Gasteiger partial charge in [0.1, 0.15) is 11.5 Å². The zero-order chi connectivity index (χ0) is 22.3. The van der Waals surface area contributed by atoms with Crippen LogP contribution in [0.4, 0.5) is 11.4 Å². The minimum absolute atomic E-state index is 0.125. The second-order valence-corrected chi connectivity index (χ2v) is 8.79. The Balaban J connectivity index is 1.66. The number of amides is 2. The highest BCUT2D eigenvalue weighted by Gasteiger charge is 2.61. The number of carbonyl (C=O) groups is 2. The third kappa shape index (κ3) is 3.04. The van der Waals surface area contributed by atoms with Crippen LogP contribution in [0.2, 0.25) is 0 Å². The lowest BCUT2D eigenvalue weighted by Gasteiger charge is -2.33. The first-order chi connectivity index (χ1) is 15.6. The van der Waals surface area contributed by atoms with E-state index in [2.05, 4.69) is 0 Å². The number of hydrogen-bond donors (Lipinski definition) is 0. The van der Waals surface area contributed by atoms with Crippen LogP contribution in [0.1, 0.15) is 11.1 Å². The SMILES string of the molecule is COc1cc(OC)cc(N2C(=O)CSC23C(=O)N(Cc2ccccc2)c2ccccc23)c1. The zero-order valence-corrected chi connectivity index (χ0v) is 18.6. The van der Waals surface area contributed by atoms with Gasteiger partial charge in [-0.3, -0.25) is 14.5 Å². The average molecular weight is 447 g/mol. The number of benzene rings is 3. The molecule has 162 valence electrons. The van der Waals surface area contributed by atoms with Crippen LogP contribution in [0.5, 0.6) is 11.5 Å². The molecule has 2 heterocycles. The normalized spacial score (nSPS) is 19.6. The van der Waals surface area contributed by atoms with Crippen LogP contribution in [0.25, 0.3) is 0 Å². The van der Waals surface area contributed by atoms with Crippen molar-refractivity contribution >= 4 is 35.0 Å². The van der Waals surface area contributed by atoms with E-state index in [0.717, 1.165) is 16.8 Å². The van der Waals surface area contributed by atoms with Crippen LogP contribution < -0.4 is 19.3 Å². The topological polar surface area (TPSA) is 59.1 Å². The van der Waals surface area contributed by atoms with Gasteiger partial charge in [0, 0.05) is 23.8 Å². The van der Waals surface area contributed by atoms with Crippen LogP contribution in [-0.4, -0.2) is 31.8 Å². The zero-order valence-electron chi connectivity index (χ0n) is 17.8. The Hall–Kier alpha value is -3.45. The first kappa shape index (κ1) is 20.5. The Morgan fingerprint density at radius 2 is 1.56 bits per heavy atom. The van der Waals surface area contributed by atoms with Crippen molar-refractivity contribution in [3.8, 4) is 11.5 Å². The Labute approximate surface area is 190 Å². The monoisotopic (exact) mass is 446 g/mol. The Bertz CT molecular complexity index is 1180. The van der Waals surface area contributed by atoms with E-state index >= 15 is 0 Å². The highest BCUT2D eigenvalue weighted by Crippen LogP contribution is 2.56. The molecule has 2 amide bonds. The van der Waals surface area contributed by atoms with Gasteiger partial charge < -0.3 is 14.4 Å². The molecule has 0 aliphatic carbocycles. The summed E-state index contributed by atoms with van der Waals surface area (Å²) in [7, 11) is 3.12. The molecule has 1 spiro atoms. The van der Waals surface area contributed by atoms with Crippen LogP contribution in [0, 0.1) is 0 Å². The van der Waals surface area contributed by atoms with Crippen molar-refractivity contribution in [2.75, 3.05) is 29.8 Å². The van der Waals surface area contributed by atoms with E-state index in [4.69, 9.17) is 9.47 Å². The van der Waals surface area contributed by atoms with Gasteiger partial charge in [-0.1, -0.05) is 48.5 Å². The number of thioether (sulfide) groups is 1. The molecule has 1 atom stereocenters. The molecule has 6 nitrogen and oxygen atoms in total. The number of methoxy groups -OCH3 is 2. The molecule has 7 heteroatoms. The van der Waals surface area contributed by atoms with Gasteiger partial charge in [-0.25, -0.2) is 0 Å². The number of anilines is 2. The second-order valence-electron chi connectivity index (χ2n) is 7.63. The summed E-state index contributed by atoms with van der Waals surface area (Å²) >= 11 is 1.36. The molecule has 5 rings (SSSR count). The highest BCUT2D eigenvalue weighted by molar-refractivity contribution is 8.02. The summed E-state index contributed by atoms with van der Waals surface area (Å²) < 4.78 is 10.8. The molecule has 0 aromatic heterocycles. The van der Waals surface area contributed by atoms with Gasteiger partial charge in [-0.2, -0.15) is 0 Å². The molecular weight excluding hydrogens is 424 g/mol. The fraction of sp³-hybridized carbons (Fsp3) is 0.200. The number of carbonyl (C=O) groups excluding carboxylic acids is 2. The number of nitrogens with zero attached hydrogens (tertiary/aromatic N) is 2. The minimum atomic E-state index is -1.17. The van der Waals surface area contributed by atoms with E-state index in [9.17, 15) is 9.59 Å². The predicted octanol–water partition coefficient (Wildman–Crippen LogP) is 4.18. The van der Waals surface area contributed by atoms with E-state index in [1.165, 1.54) is 11.8 Å². The number of rotatable bonds is 5. The van der Waals surface area contributed by atoms with Gasteiger partial charge in [0.25, 0.3) is 5.91 Å². The summed E-state index contributed by atoms with van der Waals surface area (Å²) in [5, 5.41) is 0. The lowest BCUT2D eigenvalue weighted by atomic mass is 10.0. The van der Waals surface area contributed by atoms with Gasteiger partial charge in [-0.15, -0.1) is 11.8 Å². The Morgan fingerprint density at radius 1 is 0.906 bits per heavy atom. The number of para-hydroxylation sites is 1. The minimum Gasteiger partial charge on any atom is -0.497 e. The smallest absolute Gasteiger partial charge is 0.269 e. The molecule has 0 saturated carbocycles. The van der Waals surface area contributed by atoms with E-state index in [1.54, 1.807) is 42.2 Å². The van der Waals surface area contributed by atoms with Crippen molar-refractivity contribution in [1.29, 1.82) is 0 Å². The fourth-order valence-electron chi connectivity index (χ4n) is 4.40. The summed E-state index contributed by atoms with van der Waals surface area (Å²) in [5.74, 6) is 1.06. The molecule has 2 aliphatic rings. The summed E-state index contributed by atoms with van der Waals surface area (Å²) in [6.45, 7) is 0.433. The number of hydrogen-bond acceptors (Lipinski definition) is 5. The Kier molecular flexibility index (Phi) is 5.06. The van der Waals surface area contributed by atoms with Crippen LogP contribution in [-0.2, 0) is 21.0 Å². The standard InChI is InChI=1S/C25H22N2O4S/c1-30-19-12-18(13-20(14-19)31-2)27-23(28)16-32-25(27)21-10-6-7-11-22(21)26(24(25)29)15-17-8-4-3-5-9-17/h3-14H,15-16H2,1-2H3. The van der Waals surface area contributed by atoms with Crippen molar-refractivity contribution in [3.63, 3.8) is 0 Å². The van der Waals surface area contributed by atoms with Gasteiger partial charge in [-0.05, 0) is 11.6 Å². The second kappa shape index (κ2) is 7.91. The largest absolute Gasteiger partial charge is 0.497 e. The summed E-state index contributed by atoms with van der Waals surface area (Å²) in [6.07, 6.45) is 0. The molecule has 0 bridgehead atoms. The molecule has 2 aliphatic heterocycles. The molecule has 1 unspecified atom stereocenters. The first-order valence-electron chi connectivity index (χ1n) is 10.2. The molecule has 1 saturated heterocycles. The molecular formula is C25H22N2O4S. The van der Waals surface area contributed by atoms with Gasteiger partial charge in [0.05, 0.1) is 37.9 Å². The number of fused-ring (bicyclic) bond motifs is 2. The van der Waals surface area contributed by atoms with Crippen LogP contribution >= 0.6 is 11.8 Å². The highest BCUT2D eigenvalue weighted by atomic mass is 32.2. The summed E-state index contributed by atoms with van der Waals surface area (Å²) in [4.78, 5) is 29.5. The molecule has 3 aromatic carbocycles. The van der Waals surface area contributed by atoms with Gasteiger partial charge >= 0.3 is 0 Å². The number of ether oxygens (including phenoxy) is 2. The summed E-state index contributed by atoms with van der Waals surface area (Å²) in [6, 6.07) is 22.9. The lowest BCUT2D eigenvalue weighted by molar-refractivity contribution is -0.123. The van der Waals surface area contributed by atoms with Crippen molar-refractivity contribution in [1.82, 2.24) is 0 Å². The third-order valence-corrected chi connectivity index (χ3v) is 7.23. The molecule has 3 aromatic rings. The third-order valence-electron chi connectivity index (χ3n) is 5.84. The van der Waals surface area contributed by atoms with Crippen LogP contribution in [0.3, 0.4) is 0 Å². The first-order valence-corrected chi connectivity index (χ1v) is 11.2. The van der Waals surface area contributed by atoms with Crippen molar-refractivity contribution < 1.29 is 19.1 Å². The average Bonchev–Trinajstić information content (AvgIpc) is 3.30. The van der Waals surface area contributed by atoms with E-state index in [-0.39, 0.29) is 17.6 Å². The molecule has 0 N–H and O–H groups in total. The maximum atomic E-state index is 14.1. The fourth-order valence-corrected chi connectivity index (χ4v) is 5.76. The summed E-state index contributed by atoms with van der Waals surface area (Å²) in [5.41, 5.74) is 3.24. The molecule has 32 heavy (non-hydrogen) atoms. The van der Waals surface area contributed by atoms with Crippen LogP contribution in [0.15, 0.2) is 72.8 Å². The van der Waals surface area contributed by atoms with E-state index in [1.807, 2.05) is 54.6 Å². The van der Waals surface area contributed by atoms with Crippen molar-refractivity contribution in [2.45, 2.75) is 11.4 Å². The molecule has 0 radical (unpaired) electrons. The maximum absolute atomic E-state index is 14.1. The predicted molar refractivity (Wildman–Crippen MR) is 125 cm³/mol. The van der Waals surface area contributed by atoms with E-state index < -0.39 is 4.87 Å². The van der Waals surface area contributed by atoms with Crippen molar-refractivity contribution in [3.05, 3.63) is 83.9 Å². The Morgan fingerprint density at radius 3 is 2.25 bits per heavy atom. The van der Waals surface area contributed by atoms with Gasteiger partial charge in [0.15, 0.2) is 0 Å².